The smallest absolute Gasteiger partial charge is 0.283 e. The van der Waals surface area contributed by atoms with Crippen LogP contribution in [0.3, 0.4) is 0 Å². The first-order valence-corrected chi connectivity index (χ1v) is 2.41. The SMILES string of the molecule is O=[PH]1OCO1.[MgH2]. The van der Waals surface area contributed by atoms with Crippen LogP contribution in [-0.4, -0.2) is 29.8 Å². The molecule has 1 rings (SSSR count). The molecule has 0 unspecified atom stereocenters. The molecule has 0 amide bonds. The van der Waals surface area contributed by atoms with Gasteiger partial charge in [0, 0.05) is 0 Å². The molecule has 0 aromatic rings. The van der Waals surface area contributed by atoms with Crippen molar-refractivity contribution >= 4 is 31.3 Å². The van der Waals surface area contributed by atoms with E-state index >= 15 is 0 Å². The third-order valence-corrected chi connectivity index (χ3v) is 1.06. The number of hydrogen-bond acceptors (Lipinski definition) is 3. The molecule has 0 N–H and O–H groups in total. The van der Waals surface area contributed by atoms with E-state index < -0.39 is 8.25 Å². The highest BCUT2D eigenvalue weighted by Gasteiger charge is 2.07. The Morgan fingerprint density at radius 3 is 1.83 bits per heavy atom. The molecule has 0 radical (unpaired) electrons. The van der Waals surface area contributed by atoms with Crippen LogP contribution in [0.2, 0.25) is 0 Å². The van der Waals surface area contributed by atoms with Crippen LogP contribution in [0.1, 0.15) is 0 Å². The molecule has 3 nitrogen and oxygen atoms in total. The summed E-state index contributed by atoms with van der Waals surface area (Å²) in [5.74, 6) is 0. The third-order valence-electron chi connectivity index (χ3n) is 0.354. The molecular weight excluding hydrogens is 115 g/mol. The molecule has 1 aliphatic rings. The van der Waals surface area contributed by atoms with Gasteiger partial charge in [0.1, 0.15) is 0 Å². The van der Waals surface area contributed by atoms with Crippen LogP contribution in [0.25, 0.3) is 0 Å². The fraction of sp³-hybridized carbons (Fsp3) is 1.00. The maximum Gasteiger partial charge on any atom is 0.323 e. The van der Waals surface area contributed by atoms with Crippen molar-refractivity contribution in [3.05, 3.63) is 0 Å². The predicted molar refractivity (Wildman–Crippen MR) is 24.6 cm³/mol. The quantitative estimate of drug-likeness (QED) is 0.318. The molecule has 0 bridgehead atoms. The van der Waals surface area contributed by atoms with Gasteiger partial charge in [-0.3, -0.25) is 13.6 Å². The molecule has 0 aromatic heterocycles. The van der Waals surface area contributed by atoms with Crippen molar-refractivity contribution in [2.45, 2.75) is 0 Å². The molecule has 5 heteroatoms. The van der Waals surface area contributed by atoms with E-state index in [4.69, 9.17) is 0 Å². The second kappa shape index (κ2) is 2.99. The van der Waals surface area contributed by atoms with Gasteiger partial charge in [-0.1, -0.05) is 0 Å². The van der Waals surface area contributed by atoms with E-state index in [1.54, 1.807) is 0 Å². The van der Waals surface area contributed by atoms with Crippen molar-refractivity contribution in [2.24, 2.45) is 0 Å². The van der Waals surface area contributed by atoms with Crippen molar-refractivity contribution in [3.8, 4) is 0 Å². The van der Waals surface area contributed by atoms with Gasteiger partial charge in [0.15, 0.2) is 6.79 Å². The van der Waals surface area contributed by atoms with Gasteiger partial charge in [0.2, 0.25) is 0 Å². The number of hydrogen-bond donors (Lipinski definition) is 0. The van der Waals surface area contributed by atoms with Crippen LogP contribution in [0.5, 0.6) is 0 Å². The Morgan fingerprint density at radius 2 is 1.83 bits per heavy atom. The Balaban J connectivity index is 0.000000250. The van der Waals surface area contributed by atoms with Crippen LogP contribution in [0.4, 0.5) is 0 Å². The summed E-state index contributed by atoms with van der Waals surface area (Å²) in [5.41, 5.74) is 0. The van der Waals surface area contributed by atoms with Crippen molar-refractivity contribution in [1.82, 2.24) is 0 Å². The summed E-state index contributed by atoms with van der Waals surface area (Å²) >= 11 is 0. The highest BCUT2D eigenvalue weighted by molar-refractivity contribution is 7.34. The highest BCUT2D eigenvalue weighted by atomic mass is 31.1. The Kier molecular flexibility index (Phi) is 3.45. The molecule has 1 aliphatic heterocycles. The van der Waals surface area contributed by atoms with Crippen LogP contribution in [-0.2, 0) is 13.6 Å². The lowest BCUT2D eigenvalue weighted by molar-refractivity contribution is 0.0270. The molecule has 6 heavy (non-hydrogen) atoms. The first-order chi connectivity index (χ1) is 2.39. The topological polar surface area (TPSA) is 35.5 Å². The lowest BCUT2D eigenvalue weighted by atomic mass is 11.6. The minimum Gasteiger partial charge on any atom is -0.283 e. The molecule has 0 spiro atoms. The average Bonchev–Trinajstić information content (AvgIpc) is 1.30. The standard InChI is InChI=1S/CH3O3P.Mg.2H/c2-5-3-1-4-5;;;/h5H,1H2;;;. The van der Waals surface area contributed by atoms with Crippen molar-refractivity contribution in [2.75, 3.05) is 6.79 Å². The van der Waals surface area contributed by atoms with Gasteiger partial charge >= 0.3 is 31.3 Å². The second-order valence-corrected chi connectivity index (χ2v) is 1.73. The lowest BCUT2D eigenvalue weighted by Crippen LogP contribution is -1.97. The zero-order valence-electron chi connectivity index (χ0n) is 2.43. The summed E-state index contributed by atoms with van der Waals surface area (Å²) in [6, 6.07) is 0. The minimum atomic E-state index is -1.94. The van der Waals surface area contributed by atoms with Crippen LogP contribution >= 0.6 is 8.25 Å². The maximum absolute atomic E-state index is 9.64. The largest absolute Gasteiger partial charge is 0.323 e. The maximum atomic E-state index is 9.64. The summed E-state index contributed by atoms with van der Waals surface area (Å²) < 4.78 is 18.1. The Bertz CT molecular complexity index is 57.8. The zero-order valence-corrected chi connectivity index (χ0v) is 3.43. The zero-order chi connectivity index (χ0) is 3.70. The first-order valence-electron chi connectivity index (χ1n) is 1.19. The third kappa shape index (κ3) is 1.58. The van der Waals surface area contributed by atoms with E-state index in [2.05, 4.69) is 9.05 Å². The molecular formula is CH5MgO3P. The lowest BCUT2D eigenvalue weighted by Gasteiger charge is -2.10. The summed E-state index contributed by atoms with van der Waals surface area (Å²) in [6.45, 7) is 0.220. The Morgan fingerprint density at radius 1 is 1.50 bits per heavy atom. The van der Waals surface area contributed by atoms with Crippen LogP contribution in [0, 0.1) is 0 Å². The van der Waals surface area contributed by atoms with Crippen molar-refractivity contribution in [3.63, 3.8) is 0 Å². The molecule has 0 aromatic carbocycles. The molecule has 0 atom stereocenters. The second-order valence-electron chi connectivity index (χ2n) is 0.657. The molecule has 1 fully saturated rings. The molecule has 0 saturated carbocycles. The normalized spacial score (nSPS) is 21.3. The molecule has 34 valence electrons. The summed E-state index contributed by atoms with van der Waals surface area (Å²) in [4.78, 5) is 0. The van der Waals surface area contributed by atoms with Crippen LogP contribution in [0.15, 0.2) is 0 Å². The minimum absolute atomic E-state index is 0. The summed E-state index contributed by atoms with van der Waals surface area (Å²) in [5, 5.41) is 0. The molecule has 1 saturated heterocycles. The van der Waals surface area contributed by atoms with Gasteiger partial charge in [-0.2, -0.15) is 0 Å². The number of rotatable bonds is 0. The van der Waals surface area contributed by atoms with Crippen molar-refractivity contribution in [1.29, 1.82) is 0 Å². The van der Waals surface area contributed by atoms with Gasteiger partial charge in [-0.05, 0) is 0 Å². The average molecular weight is 120 g/mol. The van der Waals surface area contributed by atoms with E-state index in [9.17, 15) is 4.57 Å². The van der Waals surface area contributed by atoms with E-state index in [1.807, 2.05) is 0 Å². The van der Waals surface area contributed by atoms with Crippen molar-refractivity contribution < 1.29 is 13.6 Å². The van der Waals surface area contributed by atoms with Gasteiger partial charge in [-0.15, -0.1) is 0 Å². The van der Waals surface area contributed by atoms with Gasteiger partial charge in [0.25, 0.3) is 0 Å². The fourth-order valence-electron chi connectivity index (χ4n) is 0.107. The Labute approximate surface area is 52.1 Å². The highest BCUT2D eigenvalue weighted by Crippen LogP contribution is 2.32. The van der Waals surface area contributed by atoms with Gasteiger partial charge < -0.3 is 0 Å². The monoisotopic (exact) mass is 120 g/mol. The van der Waals surface area contributed by atoms with E-state index in [0.29, 0.717) is 0 Å². The van der Waals surface area contributed by atoms with E-state index in [0.717, 1.165) is 0 Å². The van der Waals surface area contributed by atoms with Gasteiger partial charge in [0.05, 0.1) is 0 Å². The first kappa shape index (κ1) is 6.92. The van der Waals surface area contributed by atoms with E-state index in [-0.39, 0.29) is 29.8 Å². The fourth-order valence-corrected chi connectivity index (χ4v) is 0.321. The summed E-state index contributed by atoms with van der Waals surface area (Å²) in [6.07, 6.45) is 0. The van der Waals surface area contributed by atoms with Crippen LogP contribution < -0.4 is 0 Å². The molecule has 1 heterocycles. The summed E-state index contributed by atoms with van der Waals surface area (Å²) in [7, 11) is -1.94. The van der Waals surface area contributed by atoms with E-state index in [1.165, 1.54) is 0 Å². The molecule has 0 aliphatic carbocycles. The van der Waals surface area contributed by atoms with Gasteiger partial charge in [-0.25, -0.2) is 0 Å². The predicted octanol–water partition coefficient (Wildman–Crippen LogP) is -0.536. The Hall–Kier alpha value is 0.916.